The van der Waals surface area contributed by atoms with E-state index in [4.69, 9.17) is 4.74 Å². The molecule has 0 spiro atoms. The monoisotopic (exact) mass is 339 g/mol. The lowest BCUT2D eigenvalue weighted by atomic mass is 9.93. The van der Waals surface area contributed by atoms with Crippen molar-refractivity contribution in [3.05, 3.63) is 64.2 Å². The highest BCUT2D eigenvalue weighted by Gasteiger charge is 2.17. The van der Waals surface area contributed by atoms with Crippen LogP contribution in [-0.2, 0) is 11.2 Å². The van der Waals surface area contributed by atoms with Gasteiger partial charge in [-0.15, -0.1) is 0 Å². The van der Waals surface area contributed by atoms with Crippen molar-refractivity contribution in [1.82, 2.24) is 5.32 Å². The van der Waals surface area contributed by atoms with Crippen molar-refractivity contribution in [2.24, 2.45) is 0 Å². The molecule has 2 aromatic carbocycles. The summed E-state index contributed by atoms with van der Waals surface area (Å²) in [6.07, 6.45) is 0.400. The Morgan fingerprint density at radius 2 is 1.68 bits per heavy atom. The summed E-state index contributed by atoms with van der Waals surface area (Å²) in [5, 5.41) is 3.12. The van der Waals surface area contributed by atoms with Crippen molar-refractivity contribution in [2.45, 2.75) is 53.0 Å². The highest BCUT2D eigenvalue weighted by atomic mass is 16.5. The molecule has 0 saturated heterocycles. The van der Waals surface area contributed by atoms with Gasteiger partial charge < -0.3 is 10.1 Å². The molecule has 1 amide bonds. The van der Waals surface area contributed by atoms with Gasteiger partial charge in [0.05, 0.1) is 19.6 Å². The predicted molar refractivity (Wildman–Crippen MR) is 103 cm³/mol. The third kappa shape index (κ3) is 4.85. The number of rotatable bonds is 6. The van der Waals surface area contributed by atoms with Gasteiger partial charge in [-0.3, -0.25) is 4.79 Å². The second-order valence-corrected chi connectivity index (χ2v) is 7.06. The van der Waals surface area contributed by atoms with E-state index >= 15 is 0 Å². The highest BCUT2D eigenvalue weighted by molar-refractivity contribution is 5.79. The van der Waals surface area contributed by atoms with Crippen LogP contribution in [0.15, 0.2) is 36.4 Å². The van der Waals surface area contributed by atoms with Crippen LogP contribution >= 0.6 is 0 Å². The number of ether oxygens (including phenoxy) is 1. The minimum Gasteiger partial charge on any atom is -0.496 e. The lowest BCUT2D eigenvalue weighted by molar-refractivity contribution is -0.121. The molecule has 0 saturated carbocycles. The fourth-order valence-corrected chi connectivity index (χ4v) is 3.07. The summed E-state index contributed by atoms with van der Waals surface area (Å²) in [6, 6.07) is 12.3. The number of benzene rings is 2. The van der Waals surface area contributed by atoms with Crippen LogP contribution in [0.25, 0.3) is 0 Å². The smallest absolute Gasteiger partial charge is 0.224 e. The van der Waals surface area contributed by atoms with Gasteiger partial charge in [0.15, 0.2) is 0 Å². The highest BCUT2D eigenvalue weighted by Crippen LogP contribution is 2.32. The molecule has 0 aromatic heterocycles. The van der Waals surface area contributed by atoms with Crippen molar-refractivity contribution < 1.29 is 9.53 Å². The molecule has 0 aliphatic carbocycles. The van der Waals surface area contributed by atoms with E-state index in [1.54, 1.807) is 7.11 Å². The Morgan fingerprint density at radius 3 is 2.24 bits per heavy atom. The first-order chi connectivity index (χ1) is 11.8. The summed E-state index contributed by atoms with van der Waals surface area (Å²) in [5.74, 6) is 1.32. The Kier molecular flexibility index (Phi) is 6.24. The van der Waals surface area contributed by atoms with E-state index in [0.717, 1.165) is 22.4 Å². The predicted octanol–water partition coefficient (Wildman–Crippen LogP) is 4.86. The Hall–Kier alpha value is -2.29. The average Bonchev–Trinajstić information content (AvgIpc) is 2.56. The molecular formula is C22H29NO2. The van der Waals surface area contributed by atoms with E-state index in [9.17, 15) is 4.79 Å². The molecule has 0 radical (unpaired) electrons. The quantitative estimate of drug-likeness (QED) is 0.816. The third-order valence-electron chi connectivity index (χ3n) is 4.57. The van der Waals surface area contributed by atoms with Gasteiger partial charge in [0.2, 0.25) is 5.91 Å². The molecule has 1 atom stereocenters. The molecule has 0 fully saturated rings. The first-order valence-electron chi connectivity index (χ1n) is 8.85. The van der Waals surface area contributed by atoms with Crippen molar-refractivity contribution in [1.29, 1.82) is 0 Å². The molecule has 3 heteroatoms. The molecule has 2 aromatic rings. The largest absolute Gasteiger partial charge is 0.496 e. The van der Waals surface area contributed by atoms with Crippen LogP contribution in [0.3, 0.4) is 0 Å². The van der Waals surface area contributed by atoms with Gasteiger partial charge in [0.25, 0.3) is 0 Å². The maximum atomic E-state index is 12.4. The molecule has 0 unspecified atom stereocenters. The second kappa shape index (κ2) is 8.19. The van der Waals surface area contributed by atoms with E-state index in [0.29, 0.717) is 12.3 Å². The topological polar surface area (TPSA) is 38.3 Å². The SMILES string of the molecule is COc1cc(C)c([C@H](C)NC(=O)Cc2ccc(C)cc2)cc1C(C)C. The number of carbonyl (C=O) groups is 1. The number of methoxy groups -OCH3 is 1. The molecular weight excluding hydrogens is 310 g/mol. The molecule has 0 aliphatic rings. The fraction of sp³-hybridized carbons (Fsp3) is 0.409. The standard InChI is InChI=1S/C22H29NO2/c1-14(2)19-13-20(16(4)11-21(19)25-6)17(5)23-22(24)12-18-9-7-15(3)8-10-18/h7-11,13-14,17H,12H2,1-6H3,(H,23,24)/t17-/m0/s1. The van der Waals surface area contributed by atoms with E-state index in [-0.39, 0.29) is 11.9 Å². The normalized spacial score (nSPS) is 12.1. The lowest BCUT2D eigenvalue weighted by Gasteiger charge is -2.21. The Labute approximate surface area is 151 Å². The van der Waals surface area contributed by atoms with Crippen LogP contribution in [0.2, 0.25) is 0 Å². The third-order valence-corrected chi connectivity index (χ3v) is 4.57. The van der Waals surface area contributed by atoms with Crippen molar-refractivity contribution in [3.8, 4) is 5.75 Å². The van der Waals surface area contributed by atoms with Crippen molar-refractivity contribution in [2.75, 3.05) is 7.11 Å². The zero-order chi connectivity index (χ0) is 18.6. The van der Waals surface area contributed by atoms with E-state index in [2.05, 4.69) is 38.2 Å². The van der Waals surface area contributed by atoms with Crippen LogP contribution in [0, 0.1) is 13.8 Å². The Morgan fingerprint density at radius 1 is 1.04 bits per heavy atom. The first kappa shape index (κ1) is 19.0. The molecule has 1 N–H and O–H groups in total. The molecule has 134 valence electrons. The summed E-state index contributed by atoms with van der Waals surface area (Å²) in [5.41, 5.74) is 5.67. The van der Waals surface area contributed by atoms with E-state index < -0.39 is 0 Å². The molecule has 0 bridgehead atoms. The Bertz CT molecular complexity index is 732. The fourth-order valence-electron chi connectivity index (χ4n) is 3.07. The maximum Gasteiger partial charge on any atom is 0.224 e. The molecule has 3 nitrogen and oxygen atoms in total. The summed E-state index contributed by atoms with van der Waals surface area (Å²) in [4.78, 5) is 12.4. The van der Waals surface area contributed by atoms with Crippen LogP contribution in [0.5, 0.6) is 5.75 Å². The summed E-state index contributed by atoms with van der Waals surface area (Å²) >= 11 is 0. The number of hydrogen-bond donors (Lipinski definition) is 1. The minimum absolute atomic E-state index is 0.0395. The van der Waals surface area contributed by atoms with Gasteiger partial charge in [-0.2, -0.15) is 0 Å². The van der Waals surface area contributed by atoms with Crippen molar-refractivity contribution in [3.63, 3.8) is 0 Å². The zero-order valence-corrected chi connectivity index (χ0v) is 16.1. The summed E-state index contributed by atoms with van der Waals surface area (Å²) < 4.78 is 5.50. The van der Waals surface area contributed by atoms with Gasteiger partial charge in [0, 0.05) is 0 Å². The maximum absolute atomic E-state index is 12.4. The van der Waals surface area contributed by atoms with E-state index in [1.807, 2.05) is 38.1 Å². The number of amides is 1. The van der Waals surface area contributed by atoms with E-state index in [1.165, 1.54) is 11.1 Å². The van der Waals surface area contributed by atoms with Crippen LogP contribution in [0.4, 0.5) is 0 Å². The van der Waals surface area contributed by atoms with Gasteiger partial charge in [-0.25, -0.2) is 0 Å². The second-order valence-electron chi connectivity index (χ2n) is 7.06. The lowest BCUT2D eigenvalue weighted by Crippen LogP contribution is -2.28. The molecule has 0 aliphatic heterocycles. The Balaban J connectivity index is 2.14. The number of hydrogen-bond acceptors (Lipinski definition) is 2. The van der Waals surface area contributed by atoms with Gasteiger partial charge in [-0.05, 0) is 61.1 Å². The molecule has 2 rings (SSSR count). The average molecular weight is 339 g/mol. The molecule has 0 heterocycles. The van der Waals surface area contributed by atoms with Gasteiger partial charge in [-0.1, -0.05) is 43.7 Å². The summed E-state index contributed by atoms with van der Waals surface area (Å²) in [6.45, 7) is 10.4. The molecule has 25 heavy (non-hydrogen) atoms. The minimum atomic E-state index is -0.0404. The van der Waals surface area contributed by atoms with Crippen LogP contribution < -0.4 is 10.1 Å². The number of nitrogens with one attached hydrogen (secondary N) is 1. The number of aryl methyl sites for hydroxylation is 2. The van der Waals surface area contributed by atoms with Crippen LogP contribution in [-0.4, -0.2) is 13.0 Å². The van der Waals surface area contributed by atoms with Crippen LogP contribution in [0.1, 0.15) is 60.5 Å². The van der Waals surface area contributed by atoms with Crippen molar-refractivity contribution >= 4 is 5.91 Å². The van der Waals surface area contributed by atoms with Gasteiger partial charge >= 0.3 is 0 Å². The first-order valence-corrected chi connectivity index (χ1v) is 8.85. The summed E-state index contributed by atoms with van der Waals surface area (Å²) in [7, 11) is 1.70. The van der Waals surface area contributed by atoms with Gasteiger partial charge in [0.1, 0.15) is 5.75 Å². The zero-order valence-electron chi connectivity index (χ0n) is 16.1. The number of carbonyl (C=O) groups excluding carboxylic acids is 1.